The van der Waals surface area contributed by atoms with Gasteiger partial charge in [-0.2, -0.15) is 0 Å². The Hall–Kier alpha value is -1.45. The number of sulfonamides is 1. The lowest BCUT2D eigenvalue weighted by molar-refractivity contribution is -0.138. The lowest BCUT2D eigenvalue weighted by Gasteiger charge is -2.13. The van der Waals surface area contributed by atoms with E-state index in [1.54, 1.807) is 0 Å². The van der Waals surface area contributed by atoms with E-state index in [1.807, 2.05) is 0 Å². The smallest absolute Gasteiger partial charge is 0.322 e. The van der Waals surface area contributed by atoms with Gasteiger partial charge in [0.15, 0.2) is 0 Å². The molecule has 0 amide bonds. The molecule has 1 heterocycles. The van der Waals surface area contributed by atoms with Crippen LogP contribution < -0.4 is 4.72 Å². The van der Waals surface area contributed by atoms with Gasteiger partial charge in [-0.15, -0.1) is 0 Å². The van der Waals surface area contributed by atoms with E-state index in [0.717, 1.165) is 0 Å². The molecule has 0 radical (unpaired) electrons. The van der Waals surface area contributed by atoms with Crippen LogP contribution in [0.25, 0.3) is 0 Å². The molecule has 0 fully saturated rings. The number of rotatable bonds is 8. The first-order chi connectivity index (χ1) is 8.44. The number of imidazole rings is 1. The first-order valence-electron chi connectivity index (χ1n) is 5.13. The van der Waals surface area contributed by atoms with Gasteiger partial charge in [-0.1, -0.05) is 0 Å². The van der Waals surface area contributed by atoms with Crippen LogP contribution in [-0.2, 0) is 26.0 Å². The predicted octanol–water partition coefficient (Wildman–Crippen LogP) is -1.03. The van der Waals surface area contributed by atoms with Gasteiger partial charge < -0.3 is 14.8 Å². The molecular weight excluding hydrogens is 262 g/mol. The van der Waals surface area contributed by atoms with Crippen LogP contribution in [0.3, 0.4) is 0 Å². The first kappa shape index (κ1) is 14.6. The number of aromatic amines is 1. The standard InChI is InChI=1S/C9H15N3O5S/c1-17-2-3-18(15,16)12-8(9(13)14)4-7-5-10-6-11-7/h5-6,8,12H,2-4H2,1H3,(H,10,11)(H,13,14)/t8-/m1/s1. The normalized spacial score (nSPS) is 13.4. The summed E-state index contributed by atoms with van der Waals surface area (Å²) < 4.78 is 29.9. The van der Waals surface area contributed by atoms with Crippen molar-refractivity contribution < 1.29 is 23.1 Å². The van der Waals surface area contributed by atoms with Crippen LogP contribution in [0.5, 0.6) is 0 Å². The van der Waals surface area contributed by atoms with Gasteiger partial charge in [-0.3, -0.25) is 4.79 Å². The second-order valence-corrected chi connectivity index (χ2v) is 5.47. The van der Waals surface area contributed by atoms with Crippen molar-refractivity contribution in [1.82, 2.24) is 14.7 Å². The highest BCUT2D eigenvalue weighted by Gasteiger charge is 2.24. The SMILES string of the molecule is COCCS(=O)(=O)N[C@H](Cc1cnc[nH]1)C(=O)O. The molecule has 0 aliphatic rings. The minimum absolute atomic E-state index is 0.00153. The number of ether oxygens (including phenoxy) is 1. The highest BCUT2D eigenvalue weighted by Crippen LogP contribution is 2.01. The van der Waals surface area contributed by atoms with Gasteiger partial charge in [-0.25, -0.2) is 18.1 Å². The Morgan fingerprint density at radius 2 is 2.39 bits per heavy atom. The summed E-state index contributed by atoms with van der Waals surface area (Å²) in [5, 5.41) is 8.97. The number of carboxylic acid groups (broad SMARTS) is 1. The second kappa shape index (κ2) is 6.47. The van der Waals surface area contributed by atoms with Crippen molar-refractivity contribution in [3.63, 3.8) is 0 Å². The van der Waals surface area contributed by atoms with E-state index in [2.05, 4.69) is 19.4 Å². The van der Waals surface area contributed by atoms with Gasteiger partial charge in [-0.05, 0) is 0 Å². The number of nitrogens with one attached hydrogen (secondary N) is 2. The molecule has 1 atom stereocenters. The van der Waals surface area contributed by atoms with E-state index >= 15 is 0 Å². The summed E-state index contributed by atoms with van der Waals surface area (Å²) in [5.41, 5.74) is 0.539. The summed E-state index contributed by atoms with van der Waals surface area (Å²) in [6, 6.07) is -1.23. The van der Waals surface area contributed by atoms with Crippen LogP contribution in [0.1, 0.15) is 5.69 Å². The third-order valence-electron chi connectivity index (χ3n) is 2.15. The molecule has 0 saturated heterocycles. The average Bonchev–Trinajstić information content (AvgIpc) is 2.78. The third kappa shape index (κ3) is 4.82. The van der Waals surface area contributed by atoms with Gasteiger partial charge in [0.05, 0.1) is 18.7 Å². The van der Waals surface area contributed by atoms with Crippen molar-refractivity contribution in [1.29, 1.82) is 0 Å². The zero-order valence-electron chi connectivity index (χ0n) is 9.79. The minimum Gasteiger partial charge on any atom is -0.480 e. The zero-order valence-corrected chi connectivity index (χ0v) is 10.6. The maximum Gasteiger partial charge on any atom is 0.322 e. The lowest BCUT2D eigenvalue weighted by Crippen LogP contribution is -2.43. The highest BCUT2D eigenvalue weighted by molar-refractivity contribution is 7.89. The van der Waals surface area contributed by atoms with Crippen molar-refractivity contribution in [2.24, 2.45) is 0 Å². The van der Waals surface area contributed by atoms with Crippen molar-refractivity contribution in [3.05, 3.63) is 18.2 Å². The Kier molecular flexibility index (Phi) is 5.25. The molecule has 0 aliphatic heterocycles. The summed E-state index contributed by atoms with van der Waals surface area (Å²) in [5.74, 6) is -1.53. The summed E-state index contributed by atoms with van der Waals surface area (Å²) in [7, 11) is -2.31. The van der Waals surface area contributed by atoms with E-state index in [-0.39, 0.29) is 18.8 Å². The third-order valence-corrected chi connectivity index (χ3v) is 3.50. The molecule has 1 aromatic rings. The molecule has 9 heteroatoms. The maximum atomic E-state index is 11.6. The fourth-order valence-electron chi connectivity index (χ4n) is 1.26. The summed E-state index contributed by atoms with van der Waals surface area (Å²) in [4.78, 5) is 17.4. The van der Waals surface area contributed by atoms with E-state index in [4.69, 9.17) is 5.11 Å². The van der Waals surface area contributed by atoms with Gasteiger partial charge >= 0.3 is 5.97 Å². The van der Waals surface area contributed by atoms with Crippen molar-refractivity contribution in [2.45, 2.75) is 12.5 Å². The van der Waals surface area contributed by atoms with E-state index in [0.29, 0.717) is 5.69 Å². The van der Waals surface area contributed by atoms with Crippen LogP contribution in [0, 0.1) is 0 Å². The number of methoxy groups -OCH3 is 1. The van der Waals surface area contributed by atoms with E-state index in [1.165, 1.54) is 19.6 Å². The molecule has 3 N–H and O–H groups in total. The molecule has 0 saturated carbocycles. The number of aliphatic carboxylic acids is 1. The molecule has 0 spiro atoms. The van der Waals surface area contributed by atoms with Gasteiger partial charge in [0, 0.05) is 25.4 Å². The number of nitrogens with zero attached hydrogens (tertiary/aromatic N) is 1. The molecule has 18 heavy (non-hydrogen) atoms. The van der Waals surface area contributed by atoms with Crippen molar-refractivity contribution in [3.8, 4) is 0 Å². The lowest BCUT2D eigenvalue weighted by atomic mass is 10.2. The van der Waals surface area contributed by atoms with Crippen LogP contribution in [-0.4, -0.2) is 55.0 Å². The Morgan fingerprint density at radius 3 is 2.89 bits per heavy atom. The quantitative estimate of drug-likeness (QED) is 0.558. The molecule has 1 aromatic heterocycles. The highest BCUT2D eigenvalue weighted by atomic mass is 32.2. The minimum atomic E-state index is -3.68. The monoisotopic (exact) mass is 277 g/mol. The summed E-state index contributed by atoms with van der Waals surface area (Å²) in [6.45, 7) is 0.00568. The van der Waals surface area contributed by atoms with Crippen molar-refractivity contribution in [2.75, 3.05) is 19.5 Å². The maximum absolute atomic E-state index is 11.6. The number of hydrogen-bond acceptors (Lipinski definition) is 5. The van der Waals surface area contributed by atoms with Crippen LogP contribution in [0.4, 0.5) is 0 Å². The number of carboxylic acids is 1. The Bertz CT molecular complexity index is 470. The molecule has 0 aliphatic carbocycles. The van der Waals surface area contributed by atoms with Crippen LogP contribution in [0.2, 0.25) is 0 Å². The van der Waals surface area contributed by atoms with E-state index < -0.39 is 22.0 Å². The molecule has 0 bridgehead atoms. The molecular formula is C9H15N3O5S. The summed E-state index contributed by atoms with van der Waals surface area (Å²) in [6.07, 6.45) is 2.84. The first-order valence-corrected chi connectivity index (χ1v) is 6.79. The Morgan fingerprint density at radius 1 is 1.67 bits per heavy atom. The fourth-order valence-corrected chi connectivity index (χ4v) is 2.39. The Labute approximate surface area is 104 Å². The van der Waals surface area contributed by atoms with E-state index in [9.17, 15) is 13.2 Å². The molecule has 102 valence electrons. The molecule has 1 rings (SSSR count). The Balaban J connectivity index is 2.66. The number of hydrogen-bond donors (Lipinski definition) is 3. The fraction of sp³-hybridized carbons (Fsp3) is 0.556. The van der Waals surface area contributed by atoms with Crippen LogP contribution in [0.15, 0.2) is 12.5 Å². The average molecular weight is 277 g/mol. The van der Waals surface area contributed by atoms with Crippen LogP contribution >= 0.6 is 0 Å². The second-order valence-electron chi connectivity index (χ2n) is 3.60. The van der Waals surface area contributed by atoms with Gasteiger partial charge in [0.1, 0.15) is 6.04 Å². The summed E-state index contributed by atoms with van der Waals surface area (Å²) >= 11 is 0. The largest absolute Gasteiger partial charge is 0.480 e. The number of carbonyl (C=O) groups is 1. The molecule has 0 unspecified atom stereocenters. The topological polar surface area (TPSA) is 121 Å². The molecule has 8 nitrogen and oxygen atoms in total. The predicted molar refractivity (Wildman–Crippen MR) is 62.5 cm³/mol. The van der Waals surface area contributed by atoms with Gasteiger partial charge in [0.2, 0.25) is 10.0 Å². The zero-order chi connectivity index (χ0) is 13.6. The van der Waals surface area contributed by atoms with Gasteiger partial charge in [0.25, 0.3) is 0 Å². The van der Waals surface area contributed by atoms with Crippen molar-refractivity contribution >= 4 is 16.0 Å². The number of aromatic nitrogens is 2. The number of H-pyrrole nitrogens is 1. The molecule has 0 aromatic carbocycles.